The SMILES string of the molecule is C=NOCCCOc1cc(C(=O)I)ccc1ON(C)[O-]. The molecule has 110 valence electrons. The first-order valence-electron chi connectivity index (χ1n) is 5.68. The maximum absolute atomic E-state index is 11.3. The Morgan fingerprint density at radius 2 is 2.20 bits per heavy atom. The summed E-state index contributed by atoms with van der Waals surface area (Å²) in [6.07, 6.45) is 0.577. The lowest BCUT2D eigenvalue weighted by molar-refractivity contribution is 0.0176. The summed E-state index contributed by atoms with van der Waals surface area (Å²) in [7, 11) is 1.21. The summed E-state index contributed by atoms with van der Waals surface area (Å²) < 4.78 is 5.36. The van der Waals surface area contributed by atoms with Crippen LogP contribution in [0.15, 0.2) is 23.4 Å². The van der Waals surface area contributed by atoms with E-state index >= 15 is 0 Å². The number of halogens is 1. The molecule has 0 unspecified atom stereocenters. The molecule has 20 heavy (non-hydrogen) atoms. The van der Waals surface area contributed by atoms with E-state index in [0.29, 0.717) is 36.2 Å². The largest absolute Gasteiger partial charge is 0.753 e. The van der Waals surface area contributed by atoms with E-state index in [9.17, 15) is 10.0 Å². The molecule has 8 heteroatoms. The van der Waals surface area contributed by atoms with Crippen molar-refractivity contribution in [2.75, 3.05) is 20.3 Å². The number of hydrogen-bond acceptors (Lipinski definition) is 7. The zero-order valence-electron chi connectivity index (χ0n) is 10.9. The van der Waals surface area contributed by atoms with Crippen molar-refractivity contribution in [2.45, 2.75) is 6.42 Å². The molecule has 0 bridgehead atoms. The smallest absolute Gasteiger partial charge is 0.222 e. The minimum absolute atomic E-state index is 0.131. The Kier molecular flexibility index (Phi) is 7.26. The molecule has 0 fully saturated rings. The molecule has 0 aliphatic heterocycles. The summed E-state index contributed by atoms with van der Waals surface area (Å²) >= 11 is 1.67. The zero-order valence-corrected chi connectivity index (χ0v) is 13.0. The van der Waals surface area contributed by atoms with E-state index in [1.54, 1.807) is 28.7 Å². The molecular weight excluding hydrogens is 379 g/mol. The Balaban J connectivity index is 2.74. The van der Waals surface area contributed by atoms with Crippen molar-refractivity contribution in [1.82, 2.24) is 5.23 Å². The van der Waals surface area contributed by atoms with Gasteiger partial charge in [-0.3, -0.25) is 4.79 Å². The van der Waals surface area contributed by atoms with E-state index in [4.69, 9.17) is 14.4 Å². The number of carbonyl (C=O) groups is 1. The van der Waals surface area contributed by atoms with Crippen molar-refractivity contribution in [2.24, 2.45) is 5.16 Å². The van der Waals surface area contributed by atoms with Gasteiger partial charge in [0, 0.05) is 48.3 Å². The van der Waals surface area contributed by atoms with Gasteiger partial charge in [-0.15, -0.1) is 5.16 Å². The van der Waals surface area contributed by atoms with Gasteiger partial charge in [0.2, 0.25) is 3.79 Å². The van der Waals surface area contributed by atoms with Crippen LogP contribution in [0.1, 0.15) is 16.8 Å². The Labute approximate surface area is 130 Å². The fraction of sp³-hybridized carbons (Fsp3) is 0.333. The number of hydroxylamine groups is 2. The van der Waals surface area contributed by atoms with Gasteiger partial charge in [0.15, 0.2) is 11.5 Å². The van der Waals surface area contributed by atoms with Crippen molar-refractivity contribution >= 4 is 33.1 Å². The lowest BCUT2D eigenvalue weighted by atomic mass is 10.2. The molecule has 1 rings (SSSR count). The van der Waals surface area contributed by atoms with Gasteiger partial charge in [0.25, 0.3) is 0 Å². The van der Waals surface area contributed by atoms with Gasteiger partial charge in [-0.25, -0.2) is 5.23 Å². The maximum atomic E-state index is 11.3. The number of carbonyl (C=O) groups excluding carboxylic acids is 1. The van der Waals surface area contributed by atoms with Crippen LogP contribution >= 0.6 is 22.6 Å². The molecule has 0 heterocycles. The summed E-state index contributed by atoms with van der Waals surface area (Å²) in [6, 6.07) is 4.60. The van der Waals surface area contributed by atoms with E-state index in [2.05, 4.69) is 11.9 Å². The van der Waals surface area contributed by atoms with Gasteiger partial charge in [0.1, 0.15) is 6.61 Å². The molecule has 1 aromatic rings. The molecule has 0 aromatic heterocycles. The molecule has 0 saturated carbocycles. The molecule has 0 spiro atoms. The Morgan fingerprint density at radius 3 is 2.80 bits per heavy atom. The average Bonchev–Trinajstić information content (AvgIpc) is 2.39. The molecule has 0 radical (unpaired) electrons. The van der Waals surface area contributed by atoms with Crippen LogP contribution in [0.4, 0.5) is 0 Å². The summed E-state index contributed by atoms with van der Waals surface area (Å²) in [6.45, 7) is 3.88. The predicted molar refractivity (Wildman–Crippen MR) is 82.2 cm³/mol. The van der Waals surface area contributed by atoms with Gasteiger partial charge in [-0.2, -0.15) is 0 Å². The first kappa shape index (κ1) is 16.7. The molecule has 0 aliphatic rings. The van der Waals surface area contributed by atoms with Crippen LogP contribution in [0.3, 0.4) is 0 Å². The van der Waals surface area contributed by atoms with Crippen LogP contribution in [0.25, 0.3) is 0 Å². The third kappa shape index (κ3) is 5.72. The van der Waals surface area contributed by atoms with Crippen LogP contribution in [0, 0.1) is 5.21 Å². The number of rotatable bonds is 9. The minimum atomic E-state index is -0.131. The molecule has 0 N–H and O–H groups in total. The van der Waals surface area contributed by atoms with Crippen LogP contribution < -0.4 is 9.57 Å². The molecule has 1 aromatic carbocycles. The quantitative estimate of drug-likeness (QED) is 0.211. The van der Waals surface area contributed by atoms with Gasteiger partial charge < -0.3 is 19.6 Å². The Hall–Kier alpha value is -1.39. The molecule has 0 amide bonds. The highest BCUT2D eigenvalue weighted by Crippen LogP contribution is 2.29. The summed E-state index contributed by atoms with van der Waals surface area (Å²) in [5, 5.41) is 14.5. The van der Waals surface area contributed by atoms with E-state index in [-0.39, 0.29) is 9.54 Å². The van der Waals surface area contributed by atoms with Crippen LogP contribution in [-0.2, 0) is 4.84 Å². The summed E-state index contributed by atoms with van der Waals surface area (Å²) in [4.78, 5) is 21.0. The number of benzene rings is 1. The minimum Gasteiger partial charge on any atom is -0.753 e. The van der Waals surface area contributed by atoms with Crippen molar-refractivity contribution in [3.8, 4) is 11.5 Å². The van der Waals surface area contributed by atoms with Crippen molar-refractivity contribution in [3.63, 3.8) is 0 Å². The first-order chi connectivity index (χ1) is 9.54. The fourth-order valence-electron chi connectivity index (χ4n) is 1.33. The lowest BCUT2D eigenvalue weighted by Crippen LogP contribution is -2.15. The monoisotopic (exact) mass is 393 g/mol. The van der Waals surface area contributed by atoms with Gasteiger partial charge in [-0.05, 0) is 18.2 Å². The maximum Gasteiger partial charge on any atom is 0.222 e. The second-order valence-electron chi connectivity index (χ2n) is 3.63. The number of oxime groups is 1. The Bertz CT molecular complexity index is 467. The van der Waals surface area contributed by atoms with Crippen molar-refractivity contribution < 1.29 is 19.2 Å². The highest BCUT2D eigenvalue weighted by molar-refractivity contribution is 14.1. The number of nitrogens with zero attached hydrogens (tertiary/aromatic N) is 2. The van der Waals surface area contributed by atoms with Gasteiger partial charge >= 0.3 is 0 Å². The average molecular weight is 393 g/mol. The van der Waals surface area contributed by atoms with E-state index in [1.165, 1.54) is 19.2 Å². The molecule has 0 saturated heterocycles. The van der Waals surface area contributed by atoms with Crippen LogP contribution in [0.5, 0.6) is 11.5 Å². The van der Waals surface area contributed by atoms with E-state index in [1.807, 2.05) is 0 Å². The molecule has 0 aliphatic carbocycles. The van der Waals surface area contributed by atoms with E-state index < -0.39 is 0 Å². The third-order valence-electron chi connectivity index (χ3n) is 2.13. The topological polar surface area (TPSA) is 83.4 Å². The molecular formula is C12H14IN2O5-. The first-order valence-corrected chi connectivity index (χ1v) is 6.76. The summed E-state index contributed by atoms with van der Waals surface area (Å²) in [5.74, 6) is 0.563. The van der Waals surface area contributed by atoms with E-state index in [0.717, 1.165) is 0 Å². The van der Waals surface area contributed by atoms with Crippen LogP contribution in [0.2, 0.25) is 0 Å². The van der Waals surface area contributed by atoms with Crippen molar-refractivity contribution in [1.29, 1.82) is 0 Å². The normalized spacial score (nSPS) is 10.2. The second-order valence-corrected chi connectivity index (χ2v) is 4.61. The highest BCUT2D eigenvalue weighted by Gasteiger charge is 2.10. The third-order valence-corrected chi connectivity index (χ3v) is 2.75. The zero-order chi connectivity index (χ0) is 15.0. The lowest BCUT2D eigenvalue weighted by Gasteiger charge is -2.23. The highest BCUT2D eigenvalue weighted by atomic mass is 127. The second kappa shape index (κ2) is 8.72. The van der Waals surface area contributed by atoms with Crippen LogP contribution in [-0.4, -0.2) is 36.0 Å². The van der Waals surface area contributed by atoms with Gasteiger partial charge in [0.05, 0.1) is 6.61 Å². The number of ether oxygens (including phenoxy) is 1. The molecule has 7 nitrogen and oxygen atoms in total. The fourth-order valence-corrected chi connectivity index (χ4v) is 1.66. The summed E-state index contributed by atoms with van der Waals surface area (Å²) in [5.41, 5.74) is 0.463. The Morgan fingerprint density at radius 1 is 1.45 bits per heavy atom. The number of hydrogen-bond donors (Lipinski definition) is 0. The predicted octanol–water partition coefficient (Wildman–Crippen LogP) is 2.39. The van der Waals surface area contributed by atoms with Gasteiger partial charge in [-0.1, -0.05) is 0 Å². The standard InChI is InChI=1S/C12H14IN2O5/c1-14-19-7-3-6-18-11-8-9(12(13)16)4-5-10(11)20-15(2)17/h4-5,8H,1,3,6-7H2,2H3/q-1. The van der Waals surface area contributed by atoms with Crippen molar-refractivity contribution in [3.05, 3.63) is 29.0 Å². The molecule has 0 atom stereocenters.